The van der Waals surface area contributed by atoms with Crippen LogP contribution >= 0.6 is 0 Å². The Balaban J connectivity index is 2.02. The van der Waals surface area contributed by atoms with E-state index in [1.807, 2.05) is 53.4 Å². The maximum absolute atomic E-state index is 12.8. The number of methoxy groups -OCH3 is 2. The lowest BCUT2D eigenvalue weighted by molar-refractivity contribution is -0.131. The summed E-state index contributed by atoms with van der Waals surface area (Å²) in [4.78, 5) is 14.6. The van der Waals surface area contributed by atoms with Crippen LogP contribution < -0.4 is 15.2 Å². The predicted molar refractivity (Wildman–Crippen MR) is 103 cm³/mol. The Kier molecular flexibility index (Phi) is 7.96. The third-order valence-corrected chi connectivity index (χ3v) is 4.24. The molecular formula is C21H28N2O3. The highest BCUT2D eigenvalue weighted by Gasteiger charge is 2.14. The number of carbonyl (C=O) groups excluding carboxylic acids is 1. The minimum absolute atomic E-state index is 0.129. The molecule has 0 fully saturated rings. The molecule has 140 valence electrons. The number of benzene rings is 2. The van der Waals surface area contributed by atoms with Gasteiger partial charge < -0.3 is 20.1 Å². The van der Waals surface area contributed by atoms with Crippen LogP contribution in [-0.2, 0) is 17.8 Å². The van der Waals surface area contributed by atoms with Crippen molar-refractivity contribution in [2.45, 2.75) is 25.8 Å². The normalized spacial score (nSPS) is 10.4. The smallest absolute Gasteiger partial charge is 0.223 e. The maximum Gasteiger partial charge on any atom is 0.223 e. The van der Waals surface area contributed by atoms with E-state index in [9.17, 15) is 4.79 Å². The number of nitrogens with two attached hydrogens (primary N) is 1. The van der Waals surface area contributed by atoms with E-state index in [0.29, 0.717) is 32.5 Å². The molecule has 0 saturated carbocycles. The Morgan fingerprint density at radius 3 is 2.23 bits per heavy atom. The number of amides is 1. The second-order valence-corrected chi connectivity index (χ2v) is 6.16. The quantitative estimate of drug-likeness (QED) is 0.711. The van der Waals surface area contributed by atoms with Gasteiger partial charge in [0.25, 0.3) is 0 Å². The first-order valence-electron chi connectivity index (χ1n) is 8.90. The molecule has 0 atom stereocenters. The molecule has 2 rings (SSSR count). The van der Waals surface area contributed by atoms with Crippen molar-refractivity contribution in [1.82, 2.24) is 4.90 Å². The largest absolute Gasteiger partial charge is 0.497 e. The second kappa shape index (κ2) is 10.5. The predicted octanol–water partition coefficient (Wildman–Crippen LogP) is 3.01. The number of nitrogens with zero attached hydrogens (tertiary/aromatic N) is 1. The standard InChI is InChI=1S/C21H28N2O3/c1-25-19-13-18(14-20(15-19)26-2)9-10-21(24)23(12-6-11-22)16-17-7-4-3-5-8-17/h3-5,7-8,13-15H,6,9-12,16,22H2,1-2H3. The highest BCUT2D eigenvalue weighted by Crippen LogP contribution is 2.23. The number of carbonyl (C=O) groups is 1. The van der Waals surface area contributed by atoms with E-state index >= 15 is 0 Å². The maximum atomic E-state index is 12.8. The van der Waals surface area contributed by atoms with Gasteiger partial charge in [0, 0.05) is 25.6 Å². The topological polar surface area (TPSA) is 64.8 Å². The monoisotopic (exact) mass is 356 g/mol. The fraction of sp³-hybridized carbons (Fsp3) is 0.381. The van der Waals surface area contributed by atoms with Gasteiger partial charge in [-0.25, -0.2) is 0 Å². The van der Waals surface area contributed by atoms with Crippen molar-refractivity contribution in [3.8, 4) is 11.5 Å². The van der Waals surface area contributed by atoms with Crippen LogP contribution in [0.4, 0.5) is 0 Å². The van der Waals surface area contributed by atoms with Gasteiger partial charge in [0.05, 0.1) is 14.2 Å². The summed E-state index contributed by atoms with van der Waals surface area (Å²) < 4.78 is 10.6. The van der Waals surface area contributed by atoms with Crippen molar-refractivity contribution < 1.29 is 14.3 Å². The third-order valence-electron chi connectivity index (χ3n) is 4.24. The van der Waals surface area contributed by atoms with Crippen LogP contribution in [0.15, 0.2) is 48.5 Å². The van der Waals surface area contributed by atoms with Gasteiger partial charge in [0.1, 0.15) is 11.5 Å². The van der Waals surface area contributed by atoms with Gasteiger partial charge in [-0.3, -0.25) is 4.79 Å². The molecular weight excluding hydrogens is 328 g/mol. The van der Waals surface area contributed by atoms with Gasteiger partial charge in [0.15, 0.2) is 0 Å². The number of ether oxygens (including phenoxy) is 2. The first kappa shape index (κ1) is 19.8. The third kappa shape index (κ3) is 6.08. The number of hydrogen-bond acceptors (Lipinski definition) is 4. The number of aryl methyl sites for hydroxylation is 1. The minimum Gasteiger partial charge on any atom is -0.497 e. The summed E-state index contributed by atoms with van der Waals surface area (Å²) >= 11 is 0. The van der Waals surface area contributed by atoms with E-state index in [0.717, 1.165) is 29.0 Å². The molecule has 2 aromatic rings. The van der Waals surface area contributed by atoms with Crippen LogP contribution in [0, 0.1) is 0 Å². The fourth-order valence-corrected chi connectivity index (χ4v) is 2.80. The van der Waals surface area contributed by atoms with Gasteiger partial charge in [-0.05, 0) is 42.6 Å². The highest BCUT2D eigenvalue weighted by atomic mass is 16.5. The molecule has 0 unspecified atom stereocenters. The SMILES string of the molecule is COc1cc(CCC(=O)N(CCCN)Cc2ccccc2)cc(OC)c1. The van der Waals surface area contributed by atoms with Gasteiger partial charge in [-0.1, -0.05) is 30.3 Å². The summed E-state index contributed by atoms with van der Waals surface area (Å²) in [5, 5.41) is 0. The van der Waals surface area contributed by atoms with E-state index < -0.39 is 0 Å². The molecule has 0 heterocycles. The average Bonchev–Trinajstić information content (AvgIpc) is 2.69. The highest BCUT2D eigenvalue weighted by molar-refractivity contribution is 5.76. The summed E-state index contributed by atoms with van der Waals surface area (Å²) in [5.74, 6) is 1.59. The summed E-state index contributed by atoms with van der Waals surface area (Å²) in [5.41, 5.74) is 7.78. The number of rotatable bonds is 10. The van der Waals surface area contributed by atoms with Crippen LogP contribution in [0.5, 0.6) is 11.5 Å². The van der Waals surface area contributed by atoms with Crippen molar-refractivity contribution in [1.29, 1.82) is 0 Å². The van der Waals surface area contributed by atoms with E-state index in [1.54, 1.807) is 14.2 Å². The van der Waals surface area contributed by atoms with Crippen molar-refractivity contribution >= 4 is 5.91 Å². The summed E-state index contributed by atoms with van der Waals surface area (Å²) in [7, 11) is 3.25. The molecule has 0 aliphatic carbocycles. The summed E-state index contributed by atoms with van der Waals surface area (Å²) in [6.07, 6.45) is 1.87. The Morgan fingerprint density at radius 2 is 1.65 bits per heavy atom. The molecule has 1 amide bonds. The zero-order valence-corrected chi connectivity index (χ0v) is 15.6. The van der Waals surface area contributed by atoms with Crippen molar-refractivity contribution in [2.75, 3.05) is 27.3 Å². The molecule has 0 aromatic heterocycles. The Labute approximate surface area is 155 Å². The van der Waals surface area contributed by atoms with Crippen LogP contribution in [-0.4, -0.2) is 38.1 Å². The van der Waals surface area contributed by atoms with E-state index in [4.69, 9.17) is 15.2 Å². The fourth-order valence-electron chi connectivity index (χ4n) is 2.80. The van der Waals surface area contributed by atoms with Crippen LogP contribution in [0.25, 0.3) is 0 Å². The van der Waals surface area contributed by atoms with Crippen LogP contribution in [0.2, 0.25) is 0 Å². The Bertz CT molecular complexity index is 667. The Morgan fingerprint density at radius 1 is 1.00 bits per heavy atom. The lowest BCUT2D eigenvalue weighted by atomic mass is 10.1. The van der Waals surface area contributed by atoms with Crippen LogP contribution in [0.1, 0.15) is 24.0 Å². The van der Waals surface area contributed by atoms with E-state index in [-0.39, 0.29) is 5.91 Å². The summed E-state index contributed by atoms with van der Waals surface area (Å²) in [6, 6.07) is 15.7. The second-order valence-electron chi connectivity index (χ2n) is 6.16. The Hall–Kier alpha value is -2.53. The molecule has 0 bridgehead atoms. The van der Waals surface area contributed by atoms with Crippen molar-refractivity contribution in [2.24, 2.45) is 5.73 Å². The van der Waals surface area contributed by atoms with Gasteiger partial charge >= 0.3 is 0 Å². The molecule has 5 nitrogen and oxygen atoms in total. The van der Waals surface area contributed by atoms with Crippen LogP contribution in [0.3, 0.4) is 0 Å². The minimum atomic E-state index is 0.129. The first-order chi connectivity index (χ1) is 12.7. The van der Waals surface area contributed by atoms with E-state index in [2.05, 4.69) is 0 Å². The summed E-state index contributed by atoms with van der Waals surface area (Å²) in [6.45, 7) is 1.86. The molecule has 0 aliphatic heterocycles. The van der Waals surface area contributed by atoms with Gasteiger partial charge in [0.2, 0.25) is 5.91 Å². The molecule has 26 heavy (non-hydrogen) atoms. The molecule has 5 heteroatoms. The first-order valence-corrected chi connectivity index (χ1v) is 8.90. The zero-order valence-electron chi connectivity index (χ0n) is 15.6. The lowest BCUT2D eigenvalue weighted by Crippen LogP contribution is -2.32. The molecule has 0 spiro atoms. The van der Waals surface area contributed by atoms with E-state index in [1.165, 1.54) is 0 Å². The molecule has 2 aromatic carbocycles. The molecule has 2 N–H and O–H groups in total. The average molecular weight is 356 g/mol. The lowest BCUT2D eigenvalue weighted by Gasteiger charge is -2.23. The molecule has 0 radical (unpaired) electrons. The van der Waals surface area contributed by atoms with Crippen molar-refractivity contribution in [3.63, 3.8) is 0 Å². The number of hydrogen-bond donors (Lipinski definition) is 1. The zero-order chi connectivity index (χ0) is 18.8. The molecule has 0 aliphatic rings. The van der Waals surface area contributed by atoms with Gasteiger partial charge in [-0.2, -0.15) is 0 Å². The van der Waals surface area contributed by atoms with Crippen molar-refractivity contribution in [3.05, 3.63) is 59.7 Å². The van der Waals surface area contributed by atoms with Gasteiger partial charge in [-0.15, -0.1) is 0 Å². The molecule has 0 saturated heterocycles.